The number of nitrogens with zero attached hydrogens (tertiary/aromatic N) is 4. The van der Waals surface area contributed by atoms with Crippen molar-refractivity contribution < 1.29 is 24.6 Å². The zero-order chi connectivity index (χ0) is 29.2. The Labute approximate surface area is 242 Å². The number of rotatable bonds is 7. The number of nitrogens with one attached hydrogen (secondary N) is 1. The Morgan fingerprint density at radius 1 is 0.881 bits per heavy atom. The van der Waals surface area contributed by atoms with Gasteiger partial charge in [0.05, 0.1) is 18.7 Å². The van der Waals surface area contributed by atoms with Crippen molar-refractivity contribution in [1.29, 1.82) is 0 Å². The van der Waals surface area contributed by atoms with Crippen LogP contribution in [0.1, 0.15) is 16.7 Å². The number of carbonyl (C=O) groups excluding carboxylic acids is 3. The van der Waals surface area contributed by atoms with Crippen molar-refractivity contribution >= 4 is 28.7 Å². The van der Waals surface area contributed by atoms with Crippen LogP contribution in [0.15, 0.2) is 91.1 Å². The minimum atomic E-state index is -1.12. The number of phenolic OH excluding ortho intramolecular Hbond substituents is 1. The molecule has 2 aliphatic rings. The summed E-state index contributed by atoms with van der Waals surface area (Å²) in [6, 6.07) is 22.9. The van der Waals surface area contributed by atoms with Crippen molar-refractivity contribution in [2.75, 3.05) is 13.2 Å². The third-order valence-corrected chi connectivity index (χ3v) is 7.99. The summed E-state index contributed by atoms with van der Waals surface area (Å²) in [4.78, 5) is 50.4. The quantitative estimate of drug-likeness (QED) is 0.316. The van der Waals surface area contributed by atoms with Crippen LogP contribution in [0.2, 0.25) is 0 Å². The standard InChI is InChI=1S/C32H31N5O5/c38-20-28-31(41)36-27(16-21-11-13-24(39)14-12-21)30(40)35(18-23-8-4-10-26-25(23)9-5-15-33-26)19-29(36)37(28)32(42)34-17-22-6-2-1-3-7-22/h1-15,27-29,38-39H,16-20H2,(H,34,42)/t27-,28-,29-/m0/s1. The van der Waals surface area contributed by atoms with Crippen molar-refractivity contribution in [2.24, 2.45) is 0 Å². The molecule has 0 spiro atoms. The Kier molecular flexibility index (Phi) is 7.45. The molecule has 42 heavy (non-hydrogen) atoms. The topological polar surface area (TPSA) is 126 Å². The van der Waals surface area contributed by atoms with Crippen LogP contribution < -0.4 is 5.32 Å². The zero-order valence-electron chi connectivity index (χ0n) is 22.8. The fraction of sp³-hybridized carbons (Fsp3) is 0.250. The third-order valence-electron chi connectivity index (χ3n) is 7.99. The number of hydrogen-bond donors (Lipinski definition) is 3. The molecule has 4 aromatic rings. The molecule has 10 nitrogen and oxygen atoms in total. The van der Waals surface area contributed by atoms with Gasteiger partial charge in [-0.1, -0.05) is 60.7 Å². The van der Waals surface area contributed by atoms with E-state index in [1.165, 1.54) is 21.9 Å². The molecule has 2 aliphatic heterocycles. The molecular formula is C32H31N5O5. The minimum absolute atomic E-state index is 0.0859. The molecular weight excluding hydrogens is 534 g/mol. The van der Waals surface area contributed by atoms with E-state index in [0.717, 1.165) is 27.6 Å². The van der Waals surface area contributed by atoms with Gasteiger partial charge in [0.15, 0.2) is 0 Å². The van der Waals surface area contributed by atoms with Gasteiger partial charge in [0.25, 0.3) is 0 Å². The Balaban J connectivity index is 1.34. The summed E-state index contributed by atoms with van der Waals surface area (Å²) >= 11 is 0. The maximum atomic E-state index is 14.1. The first kappa shape index (κ1) is 27.2. The number of amides is 4. The normalized spacial score (nSPS) is 20.2. The van der Waals surface area contributed by atoms with Crippen molar-refractivity contribution in [3.05, 3.63) is 108 Å². The lowest BCUT2D eigenvalue weighted by Gasteiger charge is -2.44. The molecule has 3 N–H and O–H groups in total. The lowest BCUT2D eigenvalue weighted by Crippen LogP contribution is -2.64. The first-order valence-corrected chi connectivity index (χ1v) is 13.9. The molecule has 0 aliphatic carbocycles. The summed E-state index contributed by atoms with van der Waals surface area (Å²) in [6.07, 6.45) is 1.12. The fourth-order valence-electron chi connectivity index (χ4n) is 5.94. The van der Waals surface area contributed by atoms with E-state index in [4.69, 9.17) is 0 Å². The molecule has 1 aromatic heterocycles. The van der Waals surface area contributed by atoms with E-state index in [9.17, 15) is 24.6 Å². The largest absolute Gasteiger partial charge is 0.508 e. The molecule has 2 fully saturated rings. The first-order chi connectivity index (χ1) is 20.4. The number of pyridine rings is 1. The second-order valence-electron chi connectivity index (χ2n) is 10.6. The van der Waals surface area contributed by atoms with Crippen molar-refractivity contribution in [2.45, 2.75) is 37.8 Å². The molecule has 0 saturated carbocycles. The molecule has 6 rings (SSSR count). The van der Waals surface area contributed by atoms with Crippen LogP contribution >= 0.6 is 0 Å². The number of aromatic nitrogens is 1. The maximum Gasteiger partial charge on any atom is 0.320 e. The molecule has 3 atom stereocenters. The second kappa shape index (κ2) is 11.5. The van der Waals surface area contributed by atoms with Gasteiger partial charge in [-0.2, -0.15) is 0 Å². The molecule has 3 aromatic carbocycles. The molecule has 10 heteroatoms. The van der Waals surface area contributed by atoms with E-state index in [1.807, 2.05) is 60.7 Å². The fourth-order valence-corrected chi connectivity index (χ4v) is 5.94. The van der Waals surface area contributed by atoms with Gasteiger partial charge in [0, 0.05) is 31.1 Å². The highest BCUT2D eigenvalue weighted by Gasteiger charge is 2.55. The van der Waals surface area contributed by atoms with Gasteiger partial charge in [-0.05, 0) is 41.0 Å². The summed E-state index contributed by atoms with van der Waals surface area (Å²) in [7, 11) is 0. The molecule has 2 saturated heterocycles. The number of piperazine rings is 1. The van der Waals surface area contributed by atoms with E-state index in [2.05, 4.69) is 10.3 Å². The Hall–Kier alpha value is -4.96. The number of urea groups is 1. The molecule has 0 unspecified atom stereocenters. The number of phenols is 1. The number of aliphatic hydroxyl groups is 1. The molecule has 0 bridgehead atoms. The summed E-state index contributed by atoms with van der Waals surface area (Å²) in [5.41, 5.74) is 3.35. The minimum Gasteiger partial charge on any atom is -0.508 e. The van der Waals surface area contributed by atoms with Gasteiger partial charge in [-0.25, -0.2) is 4.79 Å². The lowest BCUT2D eigenvalue weighted by molar-refractivity contribution is -0.153. The Bertz CT molecular complexity index is 1610. The van der Waals surface area contributed by atoms with E-state index in [0.29, 0.717) is 0 Å². The van der Waals surface area contributed by atoms with Crippen LogP contribution in [-0.4, -0.2) is 79.1 Å². The highest BCUT2D eigenvalue weighted by atomic mass is 16.3. The van der Waals surface area contributed by atoms with E-state index < -0.39 is 36.8 Å². The van der Waals surface area contributed by atoms with Crippen molar-refractivity contribution in [3.8, 4) is 5.75 Å². The molecule has 4 amide bonds. The number of hydrogen-bond acceptors (Lipinski definition) is 6. The zero-order valence-corrected chi connectivity index (χ0v) is 22.8. The summed E-state index contributed by atoms with van der Waals surface area (Å²) < 4.78 is 0. The van der Waals surface area contributed by atoms with Crippen LogP contribution in [0.25, 0.3) is 10.9 Å². The Morgan fingerprint density at radius 2 is 1.67 bits per heavy atom. The second-order valence-corrected chi connectivity index (χ2v) is 10.6. The van der Waals surface area contributed by atoms with E-state index >= 15 is 0 Å². The number of aromatic hydroxyl groups is 1. The van der Waals surface area contributed by atoms with Gasteiger partial charge >= 0.3 is 6.03 Å². The van der Waals surface area contributed by atoms with E-state index in [1.54, 1.807) is 23.2 Å². The van der Waals surface area contributed by atoms with Gasteiger partial charge in [-0.15, -0.1) is 0 Å². The highest BCUT2D eigenvalue weighted by Crippen LogP contribution is 2.33. The number of aliphatic hydroxyl groups excluding tert-OH is 1. The predicted molar refractivity (Wildman–Crippen MR) is 155 cm³/mol. The van der Waals surface area contributed by atoms with E-state index in [-0.39, 0.29) is 37.7 Å². The van der Waals surface area contributed by atoms with Gasteiger partial charge in [0.1, 0.15) is 24.0 Å². The van der Waals surface area contributed by atoms with Crippen molar-refractivity contribution in [3.63, 3.8) is 0 Å². The van der Waals surface area contributed by atoms with Gasteiger partial charge in [-0.3, -0.25) is 19.5 Å². The van der Waals surface area contributed by atoms with Crippen LogP contribution in [-0.2, 0) is 29.1 Å². The smallest absolute Gasteiger partial charge is 0.320 e. The first-order valence-electron chi connectivity index (χ1n) is 13.9. The molecule has 3 heterocycles. The molecule has 214 valence electrons. The average Bonchev–Trinajstić information content (AvgIpc) is 3.30. The third kappa shape index (κ3) is 5.12. The SMILES string of the molecule is O=C1[C@H](Cc2ccc(O)cc2)N2C(=O)[C@H](CO)N(C(=O)NCc3ccccc3)[C@H]2CN1Cc1cccc2ncccc12. The lowest BCUT2D eigenvalue weighted by atomic mass is 9.99. The Morgan fingerprint density at radius 3 is 2.43 bits per heavy atom. The van der Waals surface area contributed by atoms with Gasteiger partial charge in [0.2, 0.25) is 11.8 Å². The van der Waals surface area contributed by atoms with Gasteiger partial charge < -0.3 is 25.3 Å². The summed E-state index contributed by atoms with van der Waals surface area (Å²) in [5, 5.41) is 23.9. The van der Waals surface area contributed by atoms with Crippen LogP contribution in [0, 0.1) is 0 Å². The summed E-state index contributed by atoms with van der Waals surface area (Å²) in [6.45, 7) is 0.0236. The average molecular weight is 566 g/mol. The van der Waals surface area contributed by atoms with Crippen LogP contribution in [0.3, 0.4) is 0 Å². The summed E-state index contributed by atoms with van der Waals surface area (Å²) in [5.74, 6) is -0.628. The predicted octanol–water partition coefficient (Wildman–Crippen LogP) is 2.63. The molecule has 0 radical (unpaired) electrons. The number of benzene rings is 3. The maximum absolute atomic E-state index is 14.1. The van der Waals surface area contributed by atoms with Crippen LogP contribution in [0.5, 0.6) is 5.75 Å². The number of carbonyl (C=O) groups is 3. The number of fused-ring (bicyclic) bond motifs is 2. The highest BCUT2D eigenvalue weighted by molar-refractivity contribution is 5.96. The van der Waals surface area contributed by atoms with Crippen molar-refractivity contribution in [1.82, 2.24) is 25.0 Å². The van der Waals surface area contributed by atoms with Crippen LogP contribution in [0.4, 0.5) is 4.79 Å². The monoisotopic (exact) mass is 565 g/mol.